The Kier molecular flexibility index (Phi) is 4.19. The average Bonchev–Trinajstić information content (AvgIpc) is 2.49. The maximum atomic E-state index is 12.5. The Balaban J connectivity index is 1.88. The predicted molar refractivity (Wildman–Crippen MR) is 91.7 cm³/mol. The molecule has 0 atom stereocenters. The molecule has 2 nitrogen and oxygen atoms in total. The van der Waals surface area contributed by atoms with Gasteiger partial charge < -0.3 is 0 Å². The van der Waals surface area contributed by atoms with Crippen LogP contribution in [0.15, 0.2) is 66.7 Å². The molecule has 0 amide bonds. The highest BCUT2D eigenvalue weighted by Gasteiger charge is 2.14. The van der Waals surface area contributed by atoms with Crippen molar-refractivity contribution in [3.63, 3.8) is 0 Å². The highest BCUT2D eigenvalue weighted by molar-refractivity contribution is 7.89. The Bertz CT molecular complexity index is 895. The van der Waals surface area contributed by atoms with E-state index in [1.807, 2.05) is 42.5 Å². The Morgan fingerprint density at radius 3 is 2.23 bits per heavy atom. The Morgan fingerprint density at radius 1 is 0.773 bits per heavy atom. The van der Waals surface area contributed by atoms with Crippen LogP contribution in [0.4, 0.5) is 0 Å². The summed E-state index contributed by atoms with van der Waals surface area (Å²) in [6.07, 6.45) is 0. The Labute approximate surface area is 135 Å². The molecular formula is C18H15ClO2S. The number of halogens is 1. The van der Waals surface area contributed by atoms with Gasteiger partial charge in [0, 0.05) is 5.02 Å². The minimum absolute atomic E-state index is 0.0212. The van der Waals surface area contributed by atoms with E-state index >= 15 is 0 Å². The summed E-state index contributed by atoms with van der Waals surface area (Å²) in [6, 6.07) is 20.5. The summed E-state index contributed by atoms with van der Waals surface area (Å²) in [7, 11) is -3.24. The van der Waals surface area contributed by atoms with Gasteiger partial charge in [0.15, 0.2) is 9.84 Å². The second-order valence-corrected chi connectivity index (χ2v) is 7.80. The summed E-state index contributed by atoms with van der Waals surface area (Å²) in [4.78, 5) is 0. The van der Waals surface area contributed by atoms with Crippen LogP contribution in [0.1, 0.15) is 11.1 Å². The molecule has 3 aromatic carbocycles. The van der Waals surface area contributed by atoms with Crippen molar-refractivity contribution < 1.29 is 8.42 Å². The minimum atomic E-state index is -3.24. The molecule has 0 saturated carbocycles. The van der Waals surface area contributed by atoms with Crippen molar-refractivity contribution in [2.75, 3.05) is 0 Å². The molecule has 0 heterocycles. The van der Waals surface area contributed by atoms with Crippen LogP contribution in [-0.2, 0) is 21.3 Å². The summed E-state index contributed by atoms with van der Waals surface area (Å²) in [5, 5.41) is 2.65. The van der Waals surface area contributed by atoms with Crippen molar-refractivity contribution in [2.24, 2.45) is 0 Å². The topological polar surface area (TPSA) is 34.1 Å². The molecule has 0 spiro atoms. The number of hydrogen-bond donors (Lipinski definition) is 0. The zero-order valence-corrected chi connectivity index (χ0v) is 13.4. The molecule has 3 rings (SSSR count). The molecule has 0 aliphatic heterocycles. The van der Waals surface area contributed by atoms with Crippen LogP contribution >= 0.6 is 11.6 Å². The summed E-state index contributed by atoms with van der Waals surface area (Å²) in [6.45, 7) is 0. The summed E-state index contributed by atoms with van der Waals surface area (Å²) in [5.41, 5.74) is 1.59. The number of sulfone groups is 1. The van der Waals surface area contributed by atoms with E-state index in [-0.39, 0.29) is 11.5 Å². The van der Waals surface area contributed by atoms with Crippen molar-refractivity contribution in [1.29, 1.82) is 0 Å². The van der Waals surface area contributed by atoms with Crippen LogP contribution in [-0.4, -0.2) is 8.42 Å². The van der Waals surface area contributed by atoms with Gasteiger partial charge in [0.25, 0.3) is 0 Å². The van der Waals surface area contributed by atoms with Crippen molar-refractivity contribution in [1.82, 2.24) is 0 Å². The third-order valence-electron chi connectivity index (χ3n) is 3.56. The molecule has 0 aliphatic carbocycles. The first kappa shape index (κ1) is 15.1. The third kappa shape index (κ3) is 3.49. The van der Waals surface area contributed by atoms with Crippen LogP contribution < -0.4 is 0 Å². The highest BCUT2D eigenvalue weighted by atomic mass is 35.5. The van der Waals surface area contributed by atoms with Gasteiger partial charge in [-0.3, -0.25) is 0 Å². The lowest BCUT2D eigenvalue weighted by Crippen LogP contribution is -2.08. The van der Waals surface area contributed by atoms with Crippen molar-refractivity contribution in [3.05, 3.63) is 82.9 Å². The van der Waals surface area contributed by atoms with Gasteiger partial charge in [-0.15, -0.1) is 0 Å². The largest absolute Gasteiger partial charge is 0.228 e. The molecule has 0 bridgehead atoms. The summed E-state index contributed by atoms with van der Waals surface area (Å²) >= 11 is 5.83. The molecule has 0 N–H and O–H groups in total. The second-order valence-electron chi connectivity index (χ2n) is 5.30. The van der Waals surface area contributed by atoms with Crippen molar-refractivity contribution >= 4 is 32.2 Å². The van der Waals surface area contributed by atoms with Gasteiger partial charge in [-0.05, 0) is 34.0 Å². The van der Waals surface area contributed by atoms with Crippen LogP contribution in [0.25, 0.3) is 10.8 Å². The highest BCUT2D eigenvalue weighted by Crippen LogP contribution is 2.22. The van der Waals surface area contributed by atoms with E-state index in [1.165, 1.54) is 0 Å². The number of fused-ring (bicyclic) bond motifs is 1. The van der Waals surface area contributed by atoms with Gasteiger partial charge in [0.05, 0.1) is 11.5 Å². The molecule has 4 heteroatoms. The molecule has 112 valence electrons. The normalized spacial score (nSPS) is 11.7. The number of rotatable bonds is 4. The van der Waals surface area contributed by atoms with Gasteiger partial charge in [-0.25, -0.2) is 8.42 Å². The standard InChI is InChI=1S/C18H15ClO2S/c19-17-10-8-14(9-11-17)12-22(20,21)13-16-6-3-5-15-4-1-2-7-18(15)16/h1-11H,12-13H2. The monoisotopic (exact) mass is 330 g/mol. The van der Waals surface area contributed by atoms with E-state index in [2.05, 4.69) is 0 Å². The van der Waals surface area contributed by atoms with E-state index in [0.717, 1.165) is 21.9 Å². The molecule has 22 heavy (non-hydrogen) atoms. The van der Waals surface area contributed by atoms with Gasteiger partial charge in [0.2, 0.25) is 0 Å². The van der Waals surface area contributed by atoms with Gasteiger partial charge in [0.1, 0.15) is 0 Å². The molecule has 0 radical (unpaired) electrons. The van der Waals surface area contributed by atoms with E-state index < -0.39 is 9.84 Å². The zero-order valence-electron chi connectivity index (χ0n) is 11.9. The molecule has 3 aromatic rings. The SMILES string of the molecule is O=S(=O)(Cc1ccc(Cl)cc1)Cc1cccc2ccccc12. The van der Waals surface area contributed by atoms with Crippen LogP contribution in [0, 0.1) is 0 Å². The van der Waals surface area contributed by atoms with Gasteiger partial charge >= 0.3 is 0 Å². The number of hydrogen-bond acceptors (Lipinski definition) is 2. The fourth-order valence-electron chi connectivity index (χ4n) is 2.54. The van der Waals surface area contributed by atoms with Gasteiger partial charge in [-0.2, -0.15) is 0 Å². The van der Waals surface area contributed by atoms with Crippen molar-refractivity contribution in [3.8, 4) is 0 Å². The maximum absolute atomic E-state index is 12.5. The van der Waals surface area contributed by atoms with E-state index in [9.17, 15) is 8.42 Å². The average molecular weight is 331 g/mol. The first-order valence-electron chi connectivity index (χ1n) is 6.95. The summed E-state index contributed by atoms with van der Waals surface area (Å²) in [5.74, 6) is 0.0599. The first-order chi connectivity index (χ1) is 10.5. The first-order valence-corrected chi connectivity index (χ1v) is 9.15. The zero-order chi connectivity index (χ0) is 15.6. The Hall–Kier alpha value is -1.84. The van der Waals surface area contributed by atoms with Gasteiger partial charge in [-0.1, -0.05) is 66.2 Å². The molecule has 0 aliphatic rings. The van der Waals surface area contributed by atoms with E-state index in [1.54, 1.807) is 24.3 Å². The lowest BCUT2D eigenvalue weighted by molar-refractivity contribution is 0.594. The Morgan fingerprint density at radius 2 is 1.45 bits per heavy atom. The molecule has 0 saturated heterocycles. The lowest BCUT2D eigenvalue weighted by atomic mass is 10.1. The van der Waals surface area contributed by atoms with Crippen LogP contribution in [0.5, 0.6) is 0 Å². The third-order valence-corrected chi connectivity index (χ3v) is 5.33. The quantitative estimate of drug-likeness (QED) is 0.700. The maximum Gasteiger partial charge on any atom is 0.158 e. The van der Waals surface area contributed by atoms with E-state index in [4.69, 9.17) is 11.6 Å². The van der Waals surface area contributed by atoms with Crippen molar-refractivity contribution in [2.45, 2.75) is 11.5 Å². The van der Waals surface area contributed by atoms with Crippen LogP contribution in [0.3, 0.4) is 0 Å². The second kappa shape index (κ2) is 6.11. The van der Waals surface area contributed by atoms with Crippen LogP contribution in [0.2, 0.25) is 5.02 Å². The molecule has 0 aromatic heterocycles. The molecular weight excluding hydrogens is 316 g/mol. The minimum Gasteiger partial charge on any atom is -0.228 e. The fraction of sp³-hybridized carbons (Fsp3) is 0.111. The fourth-order valence-corrected chi connectivity index (χ4v) is 4.19. The smallest absolute Gasteiger partial charge is 0.158 e. The molecule has 0 fully saturated rings. The predicted octanol–water partition coefficient (Wildman–Crippen LogP) is 4.61. The number of benzene rings is 3. The summed E-state index contributed by atoms with van der Waals surface area (Å²) < 4.78 is 24.9. The molecule has 0 unspecified atom stereocenters. The van der Waals surface area contributed by atoms with E-state index in [0.29, 0.717) is 5.02 Å². The lowest BCUT2D eigenvalue weighted by Gasteiger charge is -2.08.